The van der Waals surface area contributed by atoms with Gasteiger partial charge in [0.1, 0.15) is 30.6 Å². The van der Waals surface area contributed by atoms with E-state index in [9.17, 15) is 14.9 Å². The number of hydrogen-bond acceptors (Lipinski definition) is 7. The third-order valence-electron chi connectivity index (χ3n) is 4.55. The number of nitrogens with one attached hydrogen (secondary N) is 1. The van der Waals surface area contributed by atoms with Crippen LogP contribution in [0.3, 0.4) is 0 Å². The number of nitriles is 1. The highest BCUT2D eigenvalue weighted by Crippen LogP contribution is 2.32. The first-order valence-corrected chi connectivity index (χ1v) is 9.62. The van der Waals surface area contributed by atoms with Crippen LogP contribution in [0.1, 0.15) is 24.1 Å². The minimum Gasteiger partial charge on any atom is -0.497 e. The minimum absolute atomic E-state index is 0.210. The van der Waals surface area contributed by atoms with E-state index in [0.717, 1.165) is 5.56 Å². The Balaban J connectivity index is 1.54. The molecule has 0 radical (unpaired) electrons. The van der Waals surface area contributed by atoms with Crippen LogP contribution < -0.4 is 19.5 Å². The average molecular weight is 422 g/mol. The van der Waals surface area contributed by atoms with E-state index in [2.05, 4.69) is 5.32 Å². The molecule has 0 bridgehead atoms. The number of amides is 1. The van der Waals surface area contributed by atoms with Crippen molar-refractivity contribution in [2.45, 2.75) is 13.0 Å². The summed E-state index contributed by atoms with van der Waals surface area (Å²) in [7, 11) is 1.54. The first kappa shape index (κ1) is 21.7. The van der Waals surface area contributed by atoms with Gasteiger partial charge < -0.3 is 24.3 Å². The van der Waals surface area contributed by atoms with Crippen molar-refractivity contribution in [3.63, 3.8) is 0 Å². The summed E-state index contributed by atoms with van der Waals surface area (Å²) in [5, 5.41) is 12.0. The molecule has 0 aromatic heterocycles. The molecule has 160 valence electrons. The summed E-state index contributed by atoms with van der Waals surface area (Å²) in [4.78, 5) is 24.4. The summed E-state index contributed by atoms with van der Waals surface area (Å²) in [6, 6.07) is 13.7. The predicted octanol–water partition coefficient (Wildman–Crippen LogP) is 2.79. The van der Waals surface area contributed by atoms with Crippen LogP contribution in [0, 0.1) is 11.3 Å². The van der Waals surface area contributed by atoms with E-state index < -0.39 is 18.5 Å². The zero-order valence-electron chi connectivity index (χ0n) is 17.2. The lowest BCUT2D eigenvalue weighted by molar-refractivity contribution is -0.144. The fraction of sp³-hybridized carbons (Fsp3) is 0.261. The molecular formula is C23H22N2O6. The fourth-order valence-electron chi connectivity index (χ4n) is 2.91. The molecule has 0 saturated carbocycles. The van der Waals surface area contributed by atoms with Crippen LogP contribution in [0.25, 0.3) is 6.08 Å². The normalized spacial score (nSPS) is 13.5. The van der Waals surface area contributed by atoms with Gasteiger partial charge in [0.25, 0.3) is 5.91 Å². The molecule has 0 fully saturated rings. The summed E-state index contributed by atoms with van der Waals surface area (Å²) in [6.45, 7) is 2.27. The van der Waals surface area contributed by atoms with Crippen LogP contribution in [0.15, 0.2) is 48.0 Å². The molecule has 1 aliphatic rings. The minimum atomic E-state index is -0.875. The molecule has 1 N–H and O–H groups in total. The highest BCUT2D eigenvalue weighted by Gasteiger charge is 2.17. The second-order valence-corrected chi connectivity index (χ2v) is 6.71. The Hall–Kier alpha value is -3.99. The van der Waals surface area contributed by atoms with Gasteiger partial charge in [-0.05, 0) is 48.4 Å². The number of esters is 1. The zero-order chi connectivity index (χ0) is 22.2. The molecule has 1 unspecified atom stereocenters. The number of methoxy groups -OCH3 is 1. The number of hydrogen-bond donors (Lipinski definition) is 1. The molecule has 0 aliphatic carbocycles. The maximum atomic E-state index is 12.2. The van der Waals surface area contributed by atoms with Crippen molar-refractivity contribution in [1.82, 2.24) is 5.32 Å². The van der Waals surface area contributed by atoms with Crippen LogP contribution in [0.5, 0.6) is 17.2 Å². The molecule has 0 spiro atoms. The Kier molecular flexibility index (Phi) is 7.12. The highest BCUT2D eigenvalue weighted by atomic mass is 16.6. The van der Waals surface area contributed by atoms with E-state index in [4.69, 9.17) is 18.9 Å². The predicted molar refractivity (Wildman–Crippen MR) is 112 cm³/mol. The fourth-order valence-corrected chi connectivity index (χ4v) is 2.91. The van der Waals surface area contributed by atoms with Crippen LogP contribution in [-0.2, 0) is 14.3 Å². The molecule has 1 aliphatic heterocycles. The van der Waals surface area contributed by atoms with Crippen molar-refractivity contribution >= 4 is 18.0 Å². The molecule has 8 heteroatoms. The van der Waals surface area contributed by atoms with E-state index in [1.807, 2.05) is 6.07 Å². The van der Waals surface area contributed by atoms with Crippen LogP contribution in [0.2, 0.25) is 0 Å². The number of benzene rings is 2. The molecule has 1 atom stereocenters. The van der Waals surface area contributed by atoms with Gasteiger partial charge in [-0.25, -0.2) is 4.79 Å². The number of fused-ring (bicyclic) bond motifs is 1. The molecule has 31 heavy (non-hydrogen) atoms. The van der Waals surface area contributed by atoms with Gasteiger partial charge in [-0.1, -0.05) is 18.2 Å². The lowest BCUT2D eigenvalue weighted by Crippen LogP contribution is -2.31. The van der Waals surface area contributed by atoms with E-state index in [0.29, 0.717) is 36.0 Å². The lowest BCUT2D eigenvalue weighted by atomic mass is 10.1. The van der Waals surface area contributed by atoms with Gasteiger partial charge in [-0.15, -0.1) is 0 Å². The number of nitrogens with zero attached hydrogens (tertiary/aromatic N) is 1. The number of ether oxygens (including phenoxy) is 4. The monoisotopic (exact) mass is 422 g/mol. The number of carbonyl (C=O) groups is 2. The second kappa shape index (κ2) is 10.2. The quantitative estimate of drug-likeness (QED) is 0.415. The van der Waals surface area contributed by atoms with E-state index in [1.165, 1.54) is 6.08 Å². The van der Waals surface area contributed by atoms with Crippen molar-refractivity contribution in [2.75, 3.05) is 26.9 Å². The smallest absolute Gasteiger partial charge is 0.349 e. The van der Waals surface area contributed by atoms with Crippen molar-refractivity contribution in [3.05, 3.63) is 59.2 Å². The summed E-state index contributed by atoms with van der Waals surface area (Å²) >= 11 is 0. The molecule has 3 rings (SSSR count). The second-order valence-electron chi connectivity index (χ2n) is 6.71. The Bertz CT molecular complexity index is 1020. The van der Waals surface area contributed by atoms with Gasteiger partial charge in [-0.3, -0.25) is 4.79 Å². The van der Waals surface area contributed by atoms with Crippen LogP contribution in [0.4, 0.5) is 0 Å². The van der Waals surface area contributed by atoms with Crippen molar-refractivity contribution in [2.24, 2.45) is 0 Å². The summed E-state index contributed by atoms with van der Waals surface area (Å²) in [5.41, 5.74) is 1.24. The first-order valence-electron chi connectivity index (χ1n) is 9.62. The Morgan fingerprint density at radius 2 is 1.87 bits per heavy atom. The van der Waals surface area contributed by atoms with Gasteiger partial charge in [0.2, 0.25) is 0 Å². The standard InChI is InChI=1S/C23H22N2O6/c1-15(17-5-8-20-21(12-17)30-10-9-29-20)25-22(26)14-31-23(27)18(13-24)11-16-3-6-19(28-2)7-4-16/h3-8,11-12,15H,9-10,14H2,1-2H3,(H,25,26)/b18-11+. The van der Waals surface area contributed by atoms with Crippen LogP contribution >= 0.6 is 0 Å². The third kappa shape index (κ3) is 5.76. The van der Waals surface area contributed by atoms with Gasteiger partial charge in [0.05, 0.1) is 13.2 Å². The molecule has 1 heterocycles. The van der Waals surface area contributed by atoms with Gasteiger partial charge >= 0.3 is 5.97 Å². The molecular weight excluding hydrogens is 400 g/mol. The molecule has 0 saturated heterocycles. The molecule has 2 aromatic rings. The third-order valence-corrected chi connectivity index (χ3v) is 4.55. The maximum Gasteiger partial charge on any atom is 0.349 e. The first-order chi connectivity index (χ1) is 15.0. The van der Waals surface area contributed by atoms with Crippen molar-refractivity contribution in [3.8, 4) is 23.3 Å². The largest absolute Gasteiger partial charge is 0.497 e. The van der Waals surface area contributed by atoms with Crippen molar-refractivity contribution < 1.29 is 28.5 Å². The lowest BCUT2D eigenvalue weighted by Gasteiger charge is -2.21. The number of carbonyl (C=O) groups excluding carboxylic acids is 2. The topological polar surface area (TPSA) is 107 Å². The molecule has 8 nitrogen and oxygen atoms in total. The molecule has 2 aromatic carbocycles. The van der Waals surface area contributed by atoms with E-state index in [-0.39, 0.29) is 11.6 Å². The summed E-state index contributed by atoms with van der Waals surface area (Å²) in [5.74, 6) is 0.578. The Morgan fingerprint density at radius 1 is 1.16 bits per heavy atom. The highest BCUT2D eigenvalue weighted by molar-refractivity contribution is 5.98. The van der Waals surface area contributed by atoms with Gasteiger partial charge in [0, 0.05) is 0 Å². The van der Waals surface area contributed by atoms with Gasteiger partial charge in [-0.2, -0.15) is 5.26 Å². The Morgan fingerprint density at radius 3 is 2.55 bits per heavy atom. The molecule has 1 amide bonds. The van der Waals surface area contributed by atoms with Gasteiger partial charge in [0.15, 0.2) is 18.1 Å². The summed E-state index contributed by atoms with van der Waals surface area (Å²) < 4.78 is 21.1. The number of rotatable bonds is 7. The zero-order valence-corrected chi connectivity index (χ0v) is 17.2. The van der Waals surface area contributed by atoms with Crippen molar-refractivity contribution in [1.29, 1.82) is 5.26 Å². The average Bonchev–Trinajstić information content (AvgIpc) is 2.81. The van der Waals surface area contributed by atoms with E-state index >= 15 is 0 Å². The SMILES string of the molecule is COc1ccc(/C=C(\C#N)C(=O)OCC(=O)NC(C)c2ccc3c(c2)OCCO3)cc1. The Labute approximate surface area is 180 Å². The summed E-state index contributed by atoms with van der Waals surface area (Å²) in [6.07, 6.45) is 1.39. The maximum absolute atomic E-state index is 12.2. The van der Waals surface area contributed by atoms with Crippen LogP contribution in [-0.4, -0.2) is 38.8 Å². The van der Waals surface area contributed by atoms with E-state index in [1.54, 1.807) is 56.5 Å².